The summed E-state index contributed by atoms with van der Waals surface area (Å²) >= 11 is 0. The predicted octanol–water partition coefficient (Wildman–Crippen LogP) is 0.788. The molecule has 2 N–H and O–H groups in total. The maximum atomic E-state index is 11.6. The highest BCUT2D eigenvalue weighted by atomic mass is 16.2. The Kier molecular flexibility index (Phi) is 3.70. The minimum atomic E-state index is -0.957. The van der Waals surface area contributed by atoms with Gasteiger partial charge in [0, 0.05) is 24.2 Å². The SMILES string of the molecule is CC(=O)c1cnc(C(C)=O)c(C(N)=O)c1C(C)=O. The highest BCUT2D eigenvalue weighted by molar-refractivity contribution is 6.17. The summed E-state index contributed by atoms with van der Waals surface area (Å²) in [4.78, 5) is 49.5. The summed E-state index contributed by atoms with van der Waals surface area (Å²) in [6.45, 7) is 3.63. The fourth-order valence-corrected chi connectivity index (χ4v) is 1.65. The van der Waals surface area contributed by atoms with E-state index in [-0.39, 0.29) is 22.4 Å². The lowest BCUT2D eigenvalue weighted by Gasteiger charge is -2.10. The third-order valence-electron chi connectivity index (χ3n) is 2.39. The number of rotatable bonds is 4. The summed E-state index contributed by atoms with van der Waals surface area (Å²) in [5.74, 6) is -2.40. The van der Waals surface area contributed by atoms with Crippen LogP contribution >= 0.6 is 0 Å². The first-order chi connectivity index (χ1) is 8.27. The lowest BCUT2D eigenvalue weighted by atomic mass is 9.94. The summed E-state index contributed by atoms with van der Waals surface area (Å²) in [5.41, 5.74) is 4.52. The number of primary amides is 1. The molecule has 0 radical (unpaired) electrons. The van der Waals surface area contributed by atoms with E-state index in [9.17, 15) is 19.2 Å². The van der Waals surface area contributed by atoms with Crippen molar-refractivity contribution in [3.63, 3.8) is 0 Å². The van der Waals surface area contributed by atoms with Gasteiger partial charge in [0.05, 0.1) is 5.56 Å². The van der Waals surface area contributed by atoms with E-state index in [1.54, 1.807) is 0 Å². The van der Waals surface area contributed by atoms with Crippen LogP contribution in [-0.4, -0.2) is 28.2 Å². The molecule has 0 saturated heterocycles. The van der Waals surface area contributed by atoms with Crippen LogP contribution in [0.3, 0.4) is 0 Å². The average Bonchev–Trinajstić information content (AvgIpc) is 2.26. The molecule has 0 saturated carbocycles. The third kappa shape index (κ3) is 2.32. The zero-order chi connectivity index (χ0) is 14.0. The Morgan fingerprint density at radius 1 is 0.944 bits per heavy atom. The molecule has 1 aromatic rings. The molecule has 0 aliphatic rings. The molecule has 0 bridgehead atoms. The molecule has 0 aromatic carbocycles. The fraction of sp³-hybridized carbons (Fsp3) is 0.250. The zero-order valence-electron chi connectivity index (χ0n) is 10.2. The van der Waals surface area contributed by atoms with Crippen LogP contribution in [0.4, 0.5) is 0 Å². The number of nitrogens with two attached hydrogens (primary N) is 1. The molecule has 0 spiro atoms. The van der Waals surface area contributed by atoms with Gasteiger partial charge in [0.1, 0.15) is 5.69 Å². The number of ketones is 3. The Hall–Kier alpha value is -2.37. The van der Waals surface area contributed by atoms with E-state index in [0.717, 1.165) is 6.20 Å². The maximum Gasteiger partial charge on any atom is 0.251 e. The highest BCUT2D eigenvalue weighted by Crippen LogP contribution is 2.19. The van der Waals surface area contributed by atoms with E-state index in [2.05, 4.69) is 4.98 Å². The van der Waals surface area contributed by atoms with Crippen molar-refractivity contribution in [3.05, 3.63) is 28.6 Å². The minimum absolute atomic E-state index is 0.0127. The Labute approximate surface area is 103 Å². The topological polar surface area (TPSA) is 107 Å². The quantitative estimate of drug-likeness (QED) is 0.792. The van der Waals surface area contributed by atoms with Crippen LogP contribution in [0.25, 0.3) is 0 Å². The number of nitrogens with zero attached hydrogens (tertiary/aromatic N) is 1. The van der Waals surface area contributed by atoms with Crippen molar-refractivity contribution >= 4 is 23.3 Å². The zero-order valence-corrected chi connectivity index (χ0v) is 10.2. The molecule has 1 amide bonds. The lowest BCUT2D eigenvalue weighted by molar-refractivity contribution is 0.0950. The largest absolute Gasteiger partial charge is 0.366 e. The van der Waals surface area contributed by atoms with Crippen LogP contribution in [0.1, 0.15) is 62.3 Å². The minimum Gasteiger partial charge on any atom is -0.366 e. The van der Waals surface area contributed by atoms with E-state index in [4.69, 9.17) is 5.73 Å². The Balaban J connectivity index is 3.82. The number of hydrogen-bond acceptors (Lipinski definition) is 5. The van der Waals surface area contributed by atoms with Gasteiger partial charge in [-0.15, -0.1) is 0 Å². The number of amides is 1. The van der Waals surface area contributed by atoms with Gasteiger partial charge < -0.3 is 5.73 Å². The average molecular weight is 248 g/mol. The van der Waals surface area contributed by atoms with Gasteiger partial charge in [-0.2, -0.15) is 0 Å². The molecule has 18 heavy (non-hydrogen) atoms. The van der Waals surface area contributed by atoms with E-state index in [1.807, 2.05) is 0 Å². The fourth-order valence-electron chi connectivity index (χ4n) is 1.65. The predicted molar refractivity (Wildman–Crippen MR) is 62.8 cm³/mol. The van der Waals surface area contributed by atoms with E-state index in [0.29, 0.717) is 0 Å². The van der Waals surface area contributed by atoms with E-state index < -0.39 is 23.3 Å². The van der Waals surface area contributed by atoms with Crippen molar-refractivity contribution < 1.29 is 19.2 Å². The Bertz CT molecular complexity index is 525. The molecule has 0 atom stereocenters. The standard InChI is InChI=1S/C12H12N2O4/c1-5(15)8-4-14-11(7(3)17)10(12(13)18)9(8)6(2)16/h4H,1-3H3,(H2,13,18). The first kappa shape index (κ1) is 13.7. The number of aromatic nitrogens is 1. The van der Waals surface area contributed by atoms with Crippen LogP contribution in [0.5, 0.6) is 0 Å². The van der Waals surface area contributed by atoms with Gasteiger partial charge in [0.15, 0.2) is 17.3 Å². The van der Waals surface area contributed by atoms with Gasteiger partial charge in [0.25, 0.3) is 5.91 Å². The van der Waals surface area contributed by atoms with Gasteiger partial charge in [-0.3, -0.25) is 24.2 Å². The van der Waals surface area contributed by atoms with Crippen LogP contribution in [0.15, 0.2) is 6.20 Å². The van der Waals surface area contributed by atoms with E-state index >= 15 is 0 Å². The van der Waals surface area contributed by atoms with Crippen molar-refractivity contribution in [1.29, 1.82) is 0 Å². The summed E-state index contributed by atoms with van der Waals surface area (Å²) in [6, 6.07) is 0. The van der Waals surface area contributed by atoms with Crippen LogP contribution in [-0.2, 0) is 0 Å². The van der Waals surface area contributed by atoms with Gasteiger partial charge in [-0.05, 0) is 13.8 Å². The second-order valence-electron chi connectivity index (χ2n) is 3.80. The number of carbonyl (C=O) groups is 4. The Morgan fingerprint density at radius 2 is 1.50 bits per heavy atom. The summed E-state index contributed by atoms with van der Waals surface area (Å²) in [5, 5.41) is 0. The number of pyridine rings is 1. The smallest absolute Gasteiger partial charge is 0.251 e. The summed E-state index contributed by atoms with van der Waals surface area (Å²) < 4.78 is 0. The van der Waals surface area contributed by atoms with Crippen molar-refractivity contribution in [1.82, 2.24) is 4.98 Å². The number of carbonyl (C=O) groups excluding carboxylic acids is 4. The van der Waals surface area contributed by atoms with Gasteiger partial charge in [0.2, 0.25) is 0 Å². The molecule has 0 aliphatic heterocycles. The molecular formula is C12H12N2O4. The van der Waals surface area contributed by atoms with E-state index in [1.165, 1.54) is 20.8 Å². The maximum absolute atomic E-state index is 11.6. The van der Waals surface area contributed by atoms with Gasteiger partial charge >= 0.3 is 0 Å². The number of Topliss-reactive ketones (excluding diaryl/α,β-unsaturated/α-hetero) is 3. The van der Waals surface area contributed by atoms with Crippen molar-refractivity contribution in [2.45, 2.75) is 20.8 Å². The van der Waals surface area contributed by atoms with Gasteiger partial charge in [-0.1, -0.05) is 0 Å². The molecule has 94 valence electrons. The molecule has 6 nitrogen and oxygen atoms in total. The molecule has 0 unspecified atom stereocenters. The molecular weight excluding hydrogens is 236 g/mol. The van der Waals surface area contributed by atoms with Crippen LogP contribution in [0, 0.1) is 0 Å². The second kappa shape index (κ2) is 4.87. The Morgan fingerprint density at radius 3 is 1.83 bits per heavy atom. The molecule has 1 aromatic heterocycles. The summed E-state index contributed by atoms with van der Waals surface area (Å²) in [6.07, 6.45) is 1.11. The highest BCUT2D eigenvalue weighted by Gasteiger charge is 2.25. The molecule has 0 fully saturated rings. The van der Waals surface area contributed by atoms with Crippen molar-refractivity contribution in [3.8, 4) is 0 Å². The normalized spacial score (nSPS) is 9.94. The number of hydrogen-bond donors (Lipinski definition) is 1. The van der Waals surface area contributed by atoms with Crippen molar-refractivity contribution in [2.24, 2.45) is 5.73 Å². The summed E-state index contributed by atoms with van der Waals surface area (Å²) in [7, 11) is 0. The first-order valence-corrected chi connectivity index (χ1v) is 5.13. The second-order valence-corrected chi connectivity index (χ2v) is 3.80. The molecule has 6 heteroatoms. The third-order valence-corrected chi connectivity index (χ3v) is 2.39. The van der Waals surface area contributed by atoms with Crippen LogP contribution < -0.4 is 5.73 Å². The van der Waals surface area contributed by atoms with Gasteiger partial charge in [-0.25, -0.2) is 0 Å². The molecule has 1 rings (SSSR count). The molecule has 0 aliphatic carbocycles. The monoisotopic (exact) mass is 248 g/mol. The van der Waals surface area contributed by atoms with Crippen molar-refractivity contribution in [2.75, 3.05) is 0 Å². The lowest BCUT2D eigenvalue weighted by Crippen LogP contribution is -2.23. The van der Waals surface area contributed by atoms with Crippen LogP contribution in [0.2, 0.25) is 0 Å². The molecule has 1 heterocycles. The first-order valence-electron chi connectivity index (χ1n) is 5.13.